The predicted molar refractivity (Wildman–Crippen MR) is 94.8 cm³/mol. The first-order chi connectivity index (χ1) is 11.5. The van der Waals surface area contributed by atoms with Crippen LogP contribution in [-0.2, 0) is 22.9 Å². The molecule has 0 saturated heterocycles. The van der Waals surface area contributed by atoms with Crippen molar-refractivity contribution >= 4 is 10.0 Å². The maximum absolute atomic E-state index is 12.6. The quantitative estimate of drug-likeness (QED) is 0.900. The van der Waals surface area contributed by atoms with E-state index in [1.807, 2.05) is 13.0 Å². The SMILES string of the molecule is COc1ccc(S(=O)(=O)NC(C)c2ccc3c(c2)CCCC3)cc1. The van der Waals surface area contributed by atoms with Gasteiger partial charge in [-0.2, -0.15) is 0 Å². The average Bonchev–Trinajstić information content (AvgIpc) is 2.61. The molecule has 0 heterocycles. The Balaban J connectivity index is 1.78. The van der Waals surface area contributed by atoms with E-state index in [0.717, 1.165) is 18.4 Å². The molecular formula is C19H23NO3S. The Bertz CT molecular complexity index is 813. The fourth-order valence-corrected chi connectivity index (χ4v) is 4.38. The Labute approximate surface area is 143 Å². The highest BCUT2D eigenvalue weighted by atomic mass is 32.2. The molecule has 2 aromatic carbocycles. The third kappa shape index (κ3) is 3.62. The van der Waals surface area contributed by atoms with Crippen LogP contribution in [0.3, 0.4) is 0 Å². The fraction of sp³-hybridized carbons (Fsp3) is 0.368. The molecule has 1 N–H and O–H groups in total. The van der Waals surface area contributed by atoms with Gasteiger partial charge in [0, 0.05) is 6.04 Å². The number of nitrogens with one attached hydrogen (secondary N) is 1. The predicted octanol–water partition coefficient (Wildman–Crippen LogP) is 3.61. The molecule has 0 radical (unpaired) electrons. The van der Waals surface area contributed by atoms with Crippen LogP contribution in [0, 0.1) is 0 Å². The zero-order valence-corrected chi connectivity index (χ0v) is 14.9. The molecular weight excluding hydrogens is 322 g/mol. The lowest BCUT2D eigenvalue weighted by molar-refractivity contribution is 0.414. The first-order valence-corrected chi connectivity index (χ1v) is 9.76. The molecule has 2 aromatic rings. The number of fused-ring (bicyclic) bond motifs is 1. The lowest BCUT2D eigenvalue weighted by Crippen LogP contribution is -2.27. The van der Waals surface area contributed by atoms with Crippen LogP contribution < -0.4 is 9.46 Å². The zero-order chi connectivity index (χ0) is 17.2. The Morgan fingerprint density at radius 3 is 2.33 bits per heavy atom. The molecule has 1 unspecified atom stereocenters. The van der Waals surface area contributed by atoms with Crippen molar-refractivity contribution in [2.45, 2.75) is 43.5 Å². The molecule has 0 spiro atoms. The number of hydrogen-bond donors (Lipinski definition) is 1. The maximum Gasteiger partial charge on any atom is 0.241 e. The van der Waals surface area contributed by atoms with Gasteiger partial charge >= 0.3 is 0 Å². The van der Waals surface area contributed by atoms with Crippen LogP contribution in [0.5, 0.6) is 5.75 Å². The second kappa shape index (κ2) is 6.95. The first kappa shape index (κ1) is 17.0. The molecule has 1 aliphatic rings. The molecule has 128 valence electrons. The van der Waals surface area contributed by atoms with Crippen LogP contribution >= 0.6 is 0 Å². The molecule has 0 bridgehead atoms. The molecule has 1 aliphatic carbocycles. The molecule has 5 heteroatoms. The van der Waals surface area contributed by atoms with Gasteiger partial charge in [0.1, 0.15) is 5.75 Å². The summed E-state index contributed by atoms with van der Waals surface area (Å²) in [7, 11) is -2.00. The number of aryl methyl sites for hydroxylation is 2. The molecule has 0 fully saturated rings. The van der Waals surface area contributed by atoms with Gasteiger partial charge in [0.25, 0.3) is 0 Å². The van der Waals surface area contributed by atoms with E-state index in [9.17, 15) is 8.42 Å². The van der Waals surface area contributed by atoms with Crippen molar-refractivity contribution in [2.24, 2.45) is 0 Å². The van der Waals surface area contributed by atoms with Gasteiger partial charge in [0.2, 0.25) is 10.0 Å². The average molecular weight is 345 g/mol. The summed E-state index contributed by atoms with van der Waals surface area (Å²) < 4.78 is 32.9. The van der Waals surface area contributed by atoms with E-state index in [2.05, 4.69) is 16.9 Å². The highest BCUT2D eigenvalue weighted by Crippen LogP contribution is 2.26. The van der Waals surface area contributed by atoms with Gasteiger partial charge in [-0.1, -0.05) is 18.2 Å². The normalized spacial score (nSPS) is 15.6. The summed E-state index contributed by atoms with van der Waals surface area (Å²) >= 11 is 0. The Kier molecular flexibility index (Phi) is 4.92. The highest BCUT2D eigenvalue weighted by molar-refractivity contribution is 7.89. The summed E-state index contributed by atoms with van der Waals surface area (Å²) in [5.41, 5.74) is 3.76. The van der Waals surface area contributed by atoms with Crippen LogP contribution in [0.1, 0.15) is 42.5 Å². The number of hydrogen-bond acceptors (Lipinski definition) is 3. The highest BCUT2D eigenvalue weighted by Gasteiger charge is 2.19. The molecule has 24 heavy (non-hydrogen) atoms. The summed E-state index contributed by atoms with van der Waals surface area (Å²) in [5, 5.41) is 0. The Hall–Kier alpha value is -1.85. The second-order valence-corrected chi connectivity index (χ2v) is 7.97. The molecule has 0 amide bonds. The van der Waals surface area contributed by atoms with Crippen molar-refractivity contribution in [3.63, 3.8) is 0 Å². The van der Waals surface area contributed by atoms with Gasteiger partial charge in [0.15, 0.2) is 0 Å². The maximum atomic E-state index is 12.6. The minimum absolute atomic E-state index is 0.244. The van der Waals surface area contributed by atoms with Crippen molar-refractivity contribution in [2.75, 3.05) is 7.11 Å². The van der Waals surface area contributed by atoms with Gasteiger partial charge in [-0.3, -0.25) is 0 Å². The van der Waals surface area contributed by atoms with E-state index in [0.29, 0.717) is 5.75 Å². The van der Waals surface area contributed by atoms with Gasteiger partial charge in [0.05, 0.1) is 12.0 Å². The van der Waals surface area contributed by atoms with Crippen molar-refractivity contribution in [1.29, 1.82) is 0 Å². The van der Waals surface area contributed by atoms with Crippen LogP contribution in [0.2, 0.25) is 0 Å². The number of rotatable bonds is 5. The van der Waals surface area contributed by atoms with Crippen LogP contribution in [-0.4, -0.2) is 15.5 Å². The minimum atomic E-state index is -3.56. The molecule has 0 saturated carbocycles. The second-order valence-electron chi connectivity index (χ2n) is 6.25. The van der Waals surface area contributed by atoms with Crippen molar-refractivity contribution < 1.29 is 13.2 Å². The smallest absolute Gasteiger partial charge is 0.241 e. The summed E-state index contributed by atoms with van der Waals surface area (Å²) in [6.45, 7) is 1.88. The summed E-state index contributed by atoms with van der Waals surface area (Å²) in [6.07, 6.45) is 4.66. The van der Waals surface area contributed by atoms with Crippen LogP contribution in [0.4, 0.5) is 0 Å². The number of ether oxygens (including phenoxy) is 1. The third-order valence-corrected chi connectivity index (χ3v) is 6.13. The summed E-state index contributed by atoms with van der Waals surface area (Å²) in [5.74, 6) is 0.636. The van der Waals surface area contributed by atoms with Crippen LogP contribution in [0.25, 0.3) is 0 Å². The van der Waals surface area contributed by atoms with Gasteiger partial charge in [-0.25, -0.2) is 13.1 Å². The number of methoxy groups -OCH3 is 1. The molecule has 4 nitrogen and oxygen atoms in total. The lowest BCUT2D eigenvalue weighted by Gasteiger charge is -2.20. The topological polar surface area (TPSA) is 55.4 Å². The summed E-state index contributed by atoms with van der Waals surface area (Å²) in [4.78, 5) is 0.244. The summed E-state index contributed by atoms with van der Waals surface area (Å²) in [6, 6.07) is 12.5. The molecule has 0 aromatic heterocycles. The molecule has 3 rings (SSSR count). The Morgan fingerprint density at radius 2 is 1.67 bits per heavy atom. The van der Waals surface area contributed by atoms with Gasteiger partial charge in [-0.05, 0) is 73.6 Å². The largest absolute Gasteiger partial charge is 0.497 e. The monoisotopic (exact) mass is 345 g/mol. The number of sulfonamides is 1. The number of benzene rings is 2. The van der Waals surface area contributed by atoms with Gasteiger partial charge < -0.3 is 4.74 Å². The fourth-order valence-electron chi connectivity index (χ4n) is 3.15. The van der Waals surface area contributed by atoms with E-state index in [1.165, 1.54) is 24.0 Å². The van der Waals surface area contributed by atoms with E-state index < -0.39 is 10.0 Å². The zero-order valence-electron chi connectivity index (χ0n) is 14.1. The van der Waals surface area contributed by atoms with E-state index in [1.54, 1.807) is 31.4 Å². The van der Waals surface area contributed by atoms with Crippen LogP contribution in [0.15, 0.2) is 47.4 Å². The van der Waals surface area contributed by atoms with E-state index >= 15 is 0 Å². The van der Waals surface area contributed by atoms with Crippen molar-refractivity contribution in [3.8, 4) is 5.75 Å². The van der Waals surface area contributed by atoms with Crippen molar-refractivity contribution in [3.05, 3.63) is 59.2 Å². The minimum Gasteiger partial charge on any atom is -0.497 e. The Morgan fingerprint density at radius 1 is 1.00 bits per heavy atom. The third-order valence-electron chi connectivity index (χ3n) is 4.57. The molecule has 0 aliphatic heterocycles. The first-order valence-electron chi connectivity index (χ1n) is 8.28. The van der Waals surface area contributed by atoms with Gasteiger partial charge in [-0.15, -0.1) is 0 Å². The van der Waals surface area contributed by atoms with E-state index in [4.69, 9.17) is 4.74 Å². The standard InChI is InChI=1S/C19H23NO3S/c1-14(16-8-7-15-5-3-4-6-17(15)13-16)20-24(21,22)19-11-9-18(23-2)10-12-19/h7-14,20H,3-6H2,1-2H3. The lowest BCUT2D eigenvalue weighted by atomic mass is 9.89. The van der Waals surface area contributed by atoms with Crippen molar-refractivity contribution in [1.82, 2.24) is 4.72 Å². The van der Waals surface area contributed by atoms with E-state index in [-0.39, 0.29) is 10.9 Å². The molecule has 1 atom stereocenters.